The van der Waals surface area contributed by atoms with Gasteiger partial charge in [-0.3, -0.25) is 4.90 Å². The van der Waals surface area contributed by atoms with Gasteiger partial charge in [0.25, 0.3) is 0 Å². The molecule has 0 amide bonds. The maximum atomic E-state index is 5.68. The lowest BCUT2D eigenvalue weighted by molar-refractivity contribution is 0.0418. The lowest BCUT2D eigenvalue weighted by atomic mass is 9.85. The van der Waals surface area contributed by atoms with Gasteiger partial charge in [0.1, 0.15) is 0 Å². The molecule has 1 atom stereocenters. The molecule has 1 heterocycles. The van der Waals surface area contributed by atoms with Crippen molar-refractivity contribution >= 4 is 11.6 Å². The van der Waals surface area contributed by atoms with Gasteiger partial charge in [-0.15, -0.1) is 0 Å². The fourth-order valence-corrected chi connectivity index (χ4v) is 2.73. The fraction of sp³-hybridized carbons (Fsp3) is 0.500. The molecule has 1 aromatic rings. The van der Waals surface area contributed by atoms with Crippen LogP contribution in [0.3, 0.4) is 0 Å². The number of hydrogen-bond donors (Lipinski definition) is 1. The van der Waals surface area contributed by atoms with Gasteiger partial charge in [-0.2, -0.15) is 0 Å². The van der Waals surface area contributed by atoms with Crippen LogP contribution in [-0.4, -0.2) is 30.1 Å². The van der Waals surface area contributed by atoms with Crippen molar-refractivity contribution in [3.63, 3.8) is 0 Å². The first-order chi connectivity index (χ1) is 8.98. The number of rotatable bonds is 3. The number of nitrogens with one attached hydrogen (secondary N) is 1. The third-order valence-electron chi connectivity index (χ3n) is 4.10. The minimum Gasteiger partial charge on any atom is -0.305 e. The fourth-order valence-electron chi connectivity index (χ4n) is 2.65. The molecule has 2 rings (SSSR count). The highest BCUT2D eigenvalue weighted by molar-refractivity contribution is 6.25. The molecule has 0 radical (unpaired) electrons. The summed E-state index contributed by atoms with van der Waals surface area (Å²) in [5.74, 6) is 0. The van der Waals surface area contributed by atoms with Crippen molar-refractivity contribution in [3.8, 4) is 0 Å². The van der Waals surface area contributed by atoms with Crippen molar-refractivity contribution in [2.45, 2.75) is 31.8 Å². The Morgan fingerprint density at radius 3 is 2.58 bits per heavy atom. The van der Waals surface area contributed by atoms with Crippen LogP contribution in [0.1, 0.15) is 26.3 Å². The minimum absolute atomic E-state index is 0.00304. The number of nitrogens with zero attached hydrogens (tertiary/aromatic N) is 1. The lowest BCUT2D eigenvalue weighted by Crippen LogP contribution is -2.65. The number of hydrogen-bond acceptors (Lipinski definition) is 2. The summed E-state index contributed by atoms with van der Waals surface area (Å²) in [5.41, 5.74) is 3.09. The zero-order chi connectivity index (χ0) is 13.9. The van der Waals surface area contributed by atoms with Crippen LogP contribution in [0.15, 0.2) is 41.9 Å². The molecule has 1 unspecified atom stereocenters. The van der Waals surface area contributed by atoms with Crippen molar-refractivity contribution in [1.29, 1.82) is 0 Å². The molecule has 1 aromatic carbocycles. The van der Waals surface area contributed by atoms with E-state index in [1.54, 1.807) is 5.54 Å². The zero-order valence-electron chi connectivity index (χ0n) is 12.0. The standard InChI is InChI=1S/C16H23ClN2/c1-15(2)12-18-16(3,13-19(15)11-7-10-17)14-8-5-4-6-9-14/h4-10,18H,11-13H2,1-3H3/b10-7+. The first kappa shape index (κ1) is 14.6. The molecule has 1 aliphatic rings. The summed E-state index contributed by atoms with van der Waals surface area (Å²) in [4.78, 5) is 2.48. The summed E-state index contributed by atoms with van der Waals surface area (Å²) >= 11 is 5.68. The van der Waals surface area contributed by atoms with Gasteiger partial charge >= 0.3 is 0 Å². The molecule has 0 saturated carbocycles. The van der Waals surface area contributed by atoms with E-state index >= 15 is 0 Å². The molecule has 2 nitrogen and oxygen atoms in total. The van der Waals surface area contributed by atoms with E-state index in [1.165, 1.54) is 5.56 Å². The second-order valence-corrected chi connectivity index (χ2v) is 6.36. The van der Waals surface area contributed by atoms with E-state index in [4.69, 9.17) is 11.6 Å². The van der Waals surface area contributed by atoms with Gasteiger partial charge in [-0.1, -0.05) is 48.0 Å². The first-order valence-corrected chi connectivity index (χ1v) is 7.22. The van der Waals surface area contributed by atoms with Crippen molar-refractivity contribution in [1.82, 2.24) is 10.2 Å². The Kier molecular flexibility index (Phi) is 4.34. The molecule has 19 heavy (non-hydrogen) atoms. The summed E-state index contributed by atoms with van der Waals surface area (Å²) in [5, 5.41) is 3.71. The van der Waals surface area contributed by atoms with Crippen LogP contribution >= 0.6 is 11.6 Å². The first-order valence-electron chi connectivity index (χ1n) is 6.79. The van der Waals surface area contributed by atoms with E-state index in [0.717, 1.165) is 19.6 Å². The average molecular weight is 279 g/mol. The SMILES string of the molecule is CC1(c2ccccc2)CN(C/C=C/Cl)C(C)(C)CN1. The second-order valence-electron chi connectivity index (χ2n) is 6.11. The van der Waals surface area contributed by atoms with Gasteiger partial charge in [0.05, 0.1) is 5.54 Å². The molecule has 0 bridgehead atoms. The van der Waals surface area contributed by atoms with E-state index in [1.807, 2.05) is 6.08 Å². The van der Waals surface area contributed by atoms with Crippen LogP contribution in [0, 0.1) is 0 Å². The van der Waals surface area contributed by atoms with Gasteiger partial charge in [0, 0.05) is 30.7 Å². The minimum atomic E-state index is -0.00304. The number of piperazine rings is 1. The van der Waals surface area contributed by atoms with E-state index in [-0.39, 0.29) is 11.1 Å². The highest BCUT2D eigenvalue weighted by Crippen LogP contribution is 2.30. The monoisotopic (exact) mass is 278 g/mol. The van der Waals surface area contributed by atoms with Gasteiger partial charge in [-0.25, -0.2) is 0 Å². The van der Waals surface area contributed by atoms with Crippen LogP contribution in [0.4, 0.5) is 0 Å². The predicted octanol–water partition coefficient (Wildman–Crippen LogP) is 3.34. The molecular formula is C16H23ClN2. The molecule has 0 aliphatic carbocycles. The third kappa shape index (κ3) is 3.19. The molecule has 0 spiro atoms. The Morgan fingerprint density at radius 2 is 1.95 bits per heavy atom. The summed E-state index contributed by atoms with van der Waals surface area (Å²) in [6, 6.07) is 10.7. The molecule has 1 saturated heterocycles. The van der Waals surface area contributed by atoms with Crippen LogP contribution in [0.2, 0.25) is 0 Å². The van der Waals surface area contributed by atoms with E-state index < -0.39 is 0 Å². The summed E-state index contributed by atoms with van der Waals surface area (Å²) in [6.45, 7) is 9.65. The molecule has 1 N–H and O–H groups in total. The van der Waals surface area contributed by atoms with Gasteiger partial charge in [0.15, 0.2) is 0 Å². The van der Waals surface area contributed by atoms with E-state index in [9.17, 15) is 0 Å². The number of halogens is 1. The van der Waals surface area contributed by atoms with Crippen molar-refractivity contribution < 1.29 is 0 Å². The second kappa shape index (κ2) is 5.66. The van der Waals surface area contributed by atoms with E-state index in [0.29, 0.717) is 0 Å². The molecule has 1 aliphatic heterocycles. The summed E-state index contributed by atoms with van der Waals surface area (Å²) < 4.78 is 0. The van der Waals surface area contributed by atoms with E-state index in [2.05, 4.69) is 61.3 Å². The van der Waals surface area contributed by atoms with Gasteiger partial charge in [-0.05, 0) is 26.3 Å². The predicted molar refractivity (Wildman–Crippen MR) is 82.4 cm³/mol. The zero-order valence-corrected chi connectivity index (χ0v) is 12.7. The molecule has 104 valence electrons. The lowest BCUT2D eigenvalue weighted by Gasteiger charge is -2.50. The van der Waals surface area contributed by atoms with Gasteiger partial charge < -0.3 is 5.32 Å². The molecular weight excluding hydrogens is 256 g/mol. The Labute approximate surface area is 121 Å². The smallest absolute Gasteiger partial charge is 0.0535 e. The quantitative estimate of drug-likeness (QED) is 0.912. The maximum Gasteiger partial charge on any atom is 0.0535 e. The molecule has 3 heteroatoms. The summed E-state index contributed by atoms with van der Waals surface area (Å²) in [7, 11) is 0. The van der Waals surface area contributed by atoms with Crippen LogP contribution in [0.25, 0.3) is 0 Å². The van der Waals surface area contributed by atoms with Crippen LogP contribution in [0.5, 0.6) is 0 Å². The Hall–Kier alpha value is -0.830. The normalized spacial score (nSPS) is 27.8. The van der Waals surface area contributed by atoms with Crippen LogP contribution in [-0.2, 0) is 5.54 Å². The highest BCUT2D eigenvalue weighted by Gasteiger charge is 2.40. The van der Waals surface area contributed by atoms with Crippen LogP contribution < -0.4 is 5.32 Å². The third-order valence-corrected chi connectivity index (χ3v) is 4.28. The van der Waals surface area contributed by atoms with Crippen molar-refractivity contribution in [3.05, 3.63) is 47.5 Å². The number of benzene rings is 1. The Morgan fingerprint density at radius 1 is 1.26 bits per heavy atom. The summed E-state index contributed by atoms with van der Waals surface area (Å²) in [6.07, 6.45) is 2.01. The Bertz CT molecular complexity index is 441. The topological polar surface area (TPSA) is 15.3 Å². The Balaban J connectivity index is 2.21. The largest absolute Gasteiger partial charge is 0.305 e. The molecule has 1 fully saturated rings. The van der Waals surface area contributed by atoms with Gasteiger partial charge in [0.2, 0.25) is 0 Å². The maximum absolute atomic E-state index is 5.68. The highest BCUT2D eigenvalue weighted by atomic mass is 35.5. The van der Waals surface area contributed by atoms with Crippen molar-refractivity contribution in [2.24, 2.45) is 0 Å². The average Bonchev–Trinajstić information content (AvgIpc) is 2.41. The molecule has 0 aromatic heterocycles. The van der Waals surface area contributed by atoms with Crippen molar-refractivity contribution in [2.75, 3.05) is 19.6 Å².